The smallest absolute Gasteiger partial charge is 0.272 e. The zero-order valence-electron chi connectivity index (χ0n) is 18.8. The number of H-pyrrole nitrogens is 1. The molecule has 0 fully saturated rings. The average Bonchev–Trinajstić information content (AvgIpc) is 3.28. The summed E-state index contributed by atoms with van der Waals surface area (Å²) in [6.45, 7) is 5.23. The molecule has 168 valence electrons. The Bertz CT molecular complexity index is 1090. The van der Waals surface area contributed by atoms with Crippen LogP contribution in [-0.4, -0.2) is 36.8 Å². The Morgan fingerprint density at radius 2 is 1.78 bits per heavy atom. The summed E-state index contributed by atoms with van der Waals surface area (Å²) in [7, 11) is 3.22. The van der Waals surface area contributed by atoms with Crippen LogP contribution in [0.1, 0.15) is 41.3 Å². The first kappa shape index (κ1) is 21.7. The van der Waals surface area contributed by atoms with Crippen molar-refractivity contribution in [2.24, 2.45) is 0 Å². The molecule has 1 amide bonds. The highest BCUT2D eigenvalue weighted by molar-refractivity contribution is 5.99. The van der Waals surface area contributed by atoms with Gasteiger partial charge >= 0.3 is 0 Å². The van der Waals surface area contributed by atoms with Crippen molar-refractivity contribution < 1.29 is 19.0 Å². The maximum atomic E-state index is 12.5. The van der Waals surface area contributed by atoms with Crippen molar-refractivity contribution >= 4 is 11.7 Å². The van der Waals surface area contributed by atoms with Crippen molar-refractivity contribution in [1.82, 2.24) is 15.3 Å². The SMILES string of the molecule is COc1ccc(CN2CNC(=O)c3[nH]c(C(C)(C)OCc4ccccc4)nc32)cc1OC. The Morgan fingerprint density at radius 3 is 2.50 bits per heavy atom. The van der Waals surface area contributed by atoms with E-state index in [0.717, 1.165) is 11.1 Å². The molecule has 3 aromatic rings. The summed E-state index contributed by atoms with van der Waals surface area (Å²) in [5.41, 5.74) is 1.81. The molecule has 2 aromatic carbocycles. The summed E-state index contributed by atoms with van der Waals surface area (Å²) in [6, 6.07) is 15.7. The van der Waals surface area contributed by atoms with Gasteiger partial charge in [-0.2, -0.15) is 0 Å². The van der Waals surface area contributed by atoms with Crippen LogP contribution < -0.4 is 19.7 Å². The van der Waals surface area contributed by atoms with E-state index in [2.05, 4.69) is 10.3 Å². The molecule has 32 heavy (non-hydrogen) atoms. The molecule has 0 saturated heterocycles. The molecular formula is C24H28N4O4. The largest absolute Gasteiger partial charge is 0.493 e. The topological polar surface area (TPSA) is 88.7 Å². The lowest BCUT2D eigenvalue weighted by Gasteiger charge is -2.28. The fourth-order valence-corrected chi connectivity index (χ4v) is 3.60. The summed E-state index contributed by atoms with van der Waals surface area (Å²) >= 11 is 0. The number of aromatic nitrogens is 2. The second-order valence-electron chi connectivity index (χ2n) is 8.12. The zero-order valence-corrected chi connectivity index (χ0v) is 18.8. The van der Waals surface area contributed by atoms with Crippen LogP contribution in [0.4, 0.5) is 5.82 Å². The van der Waals surface area contributed by atoms with Gasteiger partial charge in [0.2, 0.25) is 0 Å². The number of hydrogen-bond donors (Lipinski definition) is 2. The maximum Gasteiger partial charge on any atom is 0.272 e. The summed E-state index contributed by atoms with van der Waals surface area (Å²) < 4.78 is 16.9. The number of methoxy groups -OCH3 is 2. The van der Waals surface area contributed by atoms with Gasteiger partial charge in [0.1, 0.15) is 17.1 Å². The van der Waals surface area contributed by atoms with Crippen molar-refractivity contribution in [2.75, 3.05) is 25.8 Å². The van der Waals surface area contributed by atoms with E-state index >= 15 is 0 Å². The zero-order chi connectivity index (χ0) is 22.7. The van der Waals surface area contributed by atoms with Crippen LogP contribution in [0.15, 0.2) is 48.5 Å². The lowest BCUT2D eigenvalue weighted by atomic mass is 10.1. The van der Waals surface area contributed by atoms with Crippen LogP contribution in [0.2, 0.25) is 0 Å². The van der Waals surface area contributed by atoms with E-state index in [4.69, 9.17) is 19.2 Å². The summed E-state index contributed by atoms with van der Waals surface area (Å²) in [6.07, 6.45) is 0. The molecule has 1 aliphatic rings. The molecule has 0 radical (unpaired) electrons. The molecular weight excluding hydrogens is 408 g/mol. The number of carbonyl (C=O) groups excluding carboxylic acids is 1. The van der Waals surface area contributed by atoms with Gasteiger partial charge in [-0.15, -0.1) is 0 Å². The number of carbonyl (C=O) groups is 1. The first-order chi connectivity index (χ1) is 15.4. The third kappa shape index (κ3) is 4.40. The normalized spacial score (nSPS) is 13.5. The van der Waals surface area contributed by atoms with Crippen molar-refractivity contribution in [3.63, 3.8) is 0 Å². The number of benzene rings is 2. The van der Waals surface area contributed by atoms with Gasteiger partial charge in [0, 0.05) is 6.54 Å². The van der Waals surface area contributed by atoms with Crippen molar-refractivity contribution in [2.45, 2.75) is 32.6 Å². The lowest BCUT2D eigenvalue weighted by molar-refractivity contribution is -0.0394. The number of nitrogens with zero attached hydrogens (tertiary/aromatic N) is 2. The number of hydrogen-bond acceptors (Lipinski definition) is 6. The van der Waals surface area contributed by atoms with E-state index in [1.165, 1.54) is 0 Å². The Kier molecular flexibility index (Phi) is 6.05. The summed E-state index contributed by atoms with van der Waals surface area (Å²) in [5, 5.41) is 2.90. The average molecular weight is 437 g/mol. The van der Waals surface area contributed by atoms with Gasteiger partial charge in [0.15, 0.2) is 17.3 Å². The molecule has 1 aromatic heterocycles. The van der Waals surface area contributed by atoms with E-state index in [0.29, 0.717) is 48.7 Å². The predicted molar refractivity (Wildman–Crippen MR) is 121 cm³/mol. The highest BCUT2D eigenvalue weighted by Crippen LogP contribution is 2.32. The molecule has 2 N–H and O–H groups in total. The third-order valence-electron chi connectivity index (χ3n) is 5.48. The first-order valence-electron chi connectivity index (χ1n) is 10.4. The quantitative estimate of drug-likeness (QED) is 0.561. The summed E-state index contributed by atoms with van der Waals surface area (Å²) in [5.74, 6) is 2.36. The molecule has 0 atom stereocenters. The number of amides is 1. The van der Waals surface area contributed by atoms with Crippen LogP contribution in [0, 0.1) is 0 Å². The maximum absolute atomic E-state index is 12.5. The molecule has 0 saturated carbocycles. The molecule has 0 spiro atoms. The van der Waals surface area contributed by atoms with Crippen LogP contribution in [0.5, 0.6) is 11.5 Å². The second-order valence-corrected chi connectivity index (χ2v) is 8.12. The van der Waals surface area contributed by atoms with Crippen molar-refractivity contribution in [3.05, 3.63) is 71.2 Å². The highest BCUT2D eigenvalue weighted by Gasteiger charge is 2.33. The Balaban J connectivity index is 1.56. The number of imidazole rings is 1. The molecule has 0 aliphatic carbocycles. The van der Waals surface area contributed by atoms with Gasteiger partial charge in [0.25, 0.3) is 5.91 Å². The van der Waals surface area contributed by atoms with Crippen LogP contribution in [-0.2, 0) is 23.5 Å². The van der Waals surface area contributed by atoms with E-state index in [-0.39, 0.29) is 5.91 Å². The third-order valence-corrected chi connectivity index (χ3v) is 5.48. The Hall–Kier alpha value is -3.52. The summed E-state index contributed by atoms with van der Waals surface area (Å²) in [4.78, 5) is 22.5. The van der Waals surface area contributed by atoms with Gasteiger partial charge < -0.3 is 29.4 Å². The van der Waals surface area contributed by atoms with E-state index in [9.17, 15) is 4.79 Å². The number of fused-ring (bicyclic) bond motifs is 1. The van der Waals surface area contributed by atoms with Crippen molar-refractivity contribution in [1.29, 1.82) is 0 Å². The molecule has 8 heteroatoms. The molecule has 0 unspecified atom stereocenters. The van der Waals surface area contributed by atoms with Gasteiger partial charge in [-0.3, -0.25) is 4.79 Å². The lowest BCUT2D eigenvalue weighted by Crippen LogP contribution is -2.43. The first-order valence-corrected chi connectivity index (χ1v) is 10.4. The predicted octanol–water partition coefficient (Wildman–Crippen LogP) is 3.59. The molecule has 1 aliphatic heterocycles. The minimum atomic E-state index is -0.706. The molecule has 0 bridgehead atoms. The van der Waals surface area contributed by atoms with E-state index in [1.54, 1.807) is 14.2 Å². The molecule has 8 nitrogen and oxygen atoms in total. The monoisotopic (exact) mass is 436 g/mol. The number of ether oxygens (including phenoxy) is 3. The number of rotatable bonds is 8. The van der Waals surface area contributed by atoms with Gasteiger partial charge in [-0.1, -0.05) is 36.4 Å². The van der Waals surface area contributed by atoms with Crippen LogP contribution in [0.3, 0.4) is 0 Å². The number of anilines is 1. The number of nitrogens with one attached hydrogen (secondary N) is 2. The second kappa shape index (κ2) is 8.92. The van der Waals surface area contributed by atoms with Crippen molar-refractivity contribution in [3.8, 4) is 11.5 Å². The van der Waals surface area contributed by atoms with Crippen LogP contribution >= 0.6 is 0 Å². The highest BCUT2D eigenvalue weighted by atomic mass is 16.5. The van der Waals surface area contributed by atoms with E-state index < -0.39 is 5.60 Å². The molecule has 4 rings (SSSR count). The molecule has 2 heterocycles. The van der Waals surface area contributed by atoms with Gasteiger partial charge in [0.05, 0.1) is 27.5 Å². The minimum Gasteiger partial charge on any atom is -0.493 e. The standard InChI is InChI=1S/C24H28N4O4/c1-24(2,32-14-16-8-6-5-7-9-16)23-26-20-21(27-23)28(15-25-22(20)29)13-17-10-11-18(30-3)19(12-17)31-4/h5-12H,13-15H2,1-4H3,(H,25,29)(H,26,27). The van der Waals surface area contributed by atoms with Gasteiger partial charge in [-0.25, -0.2) is 4.98 Å². The number of aromatic amines is 1. The Labute approximate surface area is 187 Å². The minimum absolute atomic E-state index is 0.179. The fraction of sp³-hybridized carbons (Fsp3) is 0.333. The van der Waals surface area contributed by atoms with Gasteiger partial charge in [-0.05, 0) is 37.1 Å². The fourth-order valence-electron chi connectivity index (χ4n) is 3.60. The Morgan fingerprint density at radius 1 is 1.03 bits per heavy atom. The van der Waals surface area contributed by atoms with E-state index in [1.807, 2.05) is 67.3 Å². The van der Waals surface area contributed by atoms with Crippen LogP contribution in [0.25, 0.3) is 0 Å².